The van der Waals surface area contributed by atoms with E-state index in [-0.39, 0.29) is 24.4 Å². The van der Waals surface area contributed by atoms with E-state index in [9.17, 15) is 9.59 Å². The van der Waals surface area contributed by atoms with E-state index in [0.717, 1.165) is 16.8 Å². The van der Waals surface area contributed by atoms with Gasteiger partial charge in [-0.15, -0.1) is 0 Å². The number of rotatable bonds is 3. The van der Waals surface area contributed by atoms with Gasteiger partial charge in [-0.05, 0) is 19.4 Å². The van der Waals surface area contributed by atoms with Crippen LogP contribution in [-0.2, 0) is 9.53 Å². The topological polar surface area (TPSA) is 55.4 Å². The van der Waals surface area contributed by atoms with E-state index < -0.39 is 0 Å². The average molecular weight is 345 g/mol. The highest BCUT2D eigenvalue weighted by Gasteiger charge is 2.40. The number of hydrogen-bond donors (Lipinski definition) is 1. The minimum Gasteiger partial charge on any atom is -0.463 e. The molecule has 0 amide bonds. The van der Waals surface area contributed by atoms with Gasteiger partial charge in [0, 0.05) is 16.7 Å². The summed E-state index contributed by atoms with van der Waals surface area (Å²) in [7, 11) is 0. The number of fused-ring (bicyclic) bond motifs is 2. The summed E-state index contributed by atoms with van der Waals surface area (Å²) in [5.41, 5.74) is 4.91. The minimum absolute atomic E-state index is 0.0596. The van der Waals surface area contributed by atoms with Crippen molar-refractivity contribution in [3.63, 3.8) is 0 Å². The van der Waals surface area contributed by atoms with Gasteiger partial charge in [0.1, 0.15) is 0 Å². The predicted molar refractivity (Wildman–Crippen MR) is 100 cm³/mol. The number of ether oxygens (including phenoxy) is 1. The Balaban J connectivity index is 2.00. The zero-order valence-corrected chi connectivity index (χ0v) is 14.7. The summed E-state index contributed by atoms with van der Waals surface area (Å²) < 4.78 is 5.29. The Bertz CT molecular complexity index is 970. The van der Waals surface area contributed by atoms with Crippen molar-refractivity contribution >= 4 is 23.0 Å². The number of carbonyl (C=O) groups is 2. The van der Waals surface area contributed by atoms with Gasteiger partial charge in [0.15, 0.2) is 5.78 Å². The highest BCUT2D eigenvalue weighted by atomic mass is 16.5. The van der Waals surface area contributed by atoms with Crippen LogP contribution >= 0.6 is 0 Å². The van der Waals surface area contributed by atoms with Crippen molar-refractivity contribution < 1.29 is 14.3 Å². The summed E-state index contributed by atoms with van der Waals surface area (Å²) in [5.74, 6) is -0.447. The van der Waals surface area contributed by atoms with Gasteiger partial charge in [-0.3, -0.25) is 4.79 Å². The van der Waals surface area contributed by atoms with Crippen LogP contribution in [0, 0.1) is 0 Å². The Morgan fingerprint density at radius 1 is 1.00 bits per heavy atom. The van der Waals surface area contributed by atoms with Crippen LogP contribution < -0.4 is 5.32 Å². The van der Waals surface area contributed by atoms with E-state index in [1.165, 1.54) is 0 Å². The minimum atomic E-state index is -0.387. The SMILES string of the molecule is CCOC(=O)C1=C(c2ccccc2)C2=C(NC1C)c1ccccc1C2=O. The first-order valence-corrected chi connectivity index (χ1v) is 8.75. The quantitative estimate of drug-likeness (QED) is 0.864. The summed E-state index contributed by atoms with van der Waals surface area (Å²) in [5, 5.41) is 3.35. The van der Waals surface area contributed by atoms with Crippen LogP contribution in [0.4, 0.5) is 0 Å². The molecule has 0 spiro atoms. The van der Waals surface area contributed by atoms with Crippen LogP contribution in [-0.4, -0.2) is 24.4 Å². The monoisotopic (exact) mass is 345 g/mol. The molecule has 1 heterocycles. The number of hydrogen-bond acceptors (Lipinski definition) is 4. The highest BCUT2D eigenvalue weighted by molar-refractivity contribution is 6.31. The molecule has 1 aliphatic heterocycles. The smallest absolute Gasteiger partial charge is 0.336 e. The second-order valence-electron chi connectivity index (χ2n) is 6.37. The molecule has 2 aromatic rings. The van der Waals surface area contributed by atoms with Gasteiger partial charge >= 0.3 is 5.97 Å². The summed E-state index contributed by atoms with van der Waals surface area (Å²) in [6, 6.07) is 16.9. The largest absolute Gasteiger partial charge is 0.463 e. The average Bonchev–Trinajstić information content (AvgIpc) is 2.94. The molecule has 0 bridgehead atoms. The lowest BCUT2D eigenvalue weighted by Crippen LogP contribution is -2.35. The van der Waals surface area contributed by atoms with Crippen LogP contribution in [0.1, 0.15) is 35.3 Å². The number of esters is 1. The van der Waals surface area contributed by atoms with Crippen molar-refractivity contribution in [1.29, 1.82) is 0 Å². The van der Waals surface area contributed by atoms with Crippen molar-refractivity contribution in [2.45, 2.75) is 19.9 Å². The maximum absolute atomic E-state index is 13.2. The van der Waals surface area contributed by atoms with Crippen LogP contribution in [0.15, 0.2) is 65.7 Å². The number of dihydropyridines is 1. The van der Waals surface area contributed by atoms with Crippen molar-refractivity contribution in [2.24, 2.45) is 0 Å². The lowest BCUT2D eigenvalue weighted by molar-refractivity contribution is -0.138. The molecular formula is C22H19NO3. The van der Waals surface area contributed by atoms with E-state index in [2.05, 4.69) is 5.32 Å². The number of ketones is 1. The Hall–Kier alpha value is -3.14. The predicted octanol–water partition coefficient (Wildman–Crippen LogP) is 3.60. The van der Waals surface area contributed by atoms with Crippen LogP contribution in [0.5, 0.6) is 0 Å². The van der Waals surface area contributed by atoms with Crippen molar-refractivity contribution in [3.8, 4) is 0 Å². The molecule has 0 fully saturated rings. The second kappa shape index (κ2) is 6.30. The molecule has 4 rings (SSSR count). The molecule has 0 radical (unpaired) electrons. The first kappa shape index (κ1) is 16.3. The van der Waals surface area contributed by atoms with E-state index in [1.54, 1.807) is 6.92 Å². The van der Waals surface area contributed by atoms with Crippen LogP contribution in [0.2, 0.25) is 0 Å². The lowest BCUT2D eigenvalue weighted by Gasteiger charge is -2.28. The number of Topliss-reactive ketones (excluding diaryl/α,β-unsaturated/α-hetero) is 1. The van der Waals surface area contributed by atoms with Crippen LogP contribution in [0.3, 0.4) is 0 Å². The molecule has 130 valence electrons. The van der Waals surface area contributed by atoms with Gasteiger partial charge in [0.2, 0.25) is 0 Å². The molecule has 1 N–H and O–H groups in total. The molecule has 4 heteroatoms. The summed E-state index contributed by atoms with van der Waals surface area (Å²) in [4.78, 5) is 25.9. The third kappa shape index (κ3) is 2.37. The Labute approximate surface area is 152 Å². The van der Waals surface area contributed by atoms with Gasteiger partial charge in [-0.1, -0.05) is 54.6 Å². The highest BCUT2D eigenvalue weighted by Crippen LogP contribution is 2.43. The fraction of sp³-hybridized carbons (Fsp3) is 0.182. The summed E-state index contributed by atoms with van der Waals surface area (Å²) in [6.07, 6.45) is 0. The van der Waals surface area contributed by atoms with Gasteiger partial charge in [-0.25, -0.2) is 4.79 Å². The lowest BCUT2D eigenvalue weighted by atomic mass is 9.85. The third-order valence-corrected chi connectivity index (χ3v) is 4.79. The van der Waals surface area contributed by atoms with Gasteiger partial charge in [0.05, 0.1) is 29.5 Å². The molecule has 2 aromatic carbocycles. The molecule has 1 atom stereocenters. The second-order valence-corrected chi connectivity index (χ2v) is 6.37. The summed E-state index contributed by atoms with van der Waals surface area (Å²) in [6.45, 7) is 3.99. The van der Waals surface area contributed by atoms with E-state index in [0.29, 0.717) is 22.3 Å². The maximum atomic E-state index is 13.2. The number of allylic oxidation sites excluding steroid dienone is 2. The summed E-state index contributed by atoms with van der Waals surface area (Å²) >= 11 is 0. The van der Waals surface area contributed by atoms with Crippen molar-refractivity contribution in [2.75, 3.05) is 6.61 Å². The first-order chi connectivity index (χ1) is 12.6. The molecule has 0 aromatic heterocycles. The Morgan fingerprint density at radius 3 is 2.35 bits per heavy atom. The van der Waals surface area contributed by atoms with Gasteiger partial charge < -0.3 is 10.1 Å². The number of benzene rings is 2. The molecule has 1 unspecified atom stereocenters. The number of nitrogens with one attached hydrogen (secondary N) is 1. The number of carbonyl (C=O) groups excluding carboxylic acids is 2. The normalized spacial score (nSPS) is 18.4. The fourth-order valence-electron chi connectivity index (χ4n) is 3.70. The molecular weight excluding hydrogens is 326 g/mol. The zero-order valence-electron chi connectivity index (χ0n) is 14.7. The maximum Gasteiger partial charge on any atom is 0.336 e. The Kier molecular flexibility index (Phi) is 3.96. The van der Waals surface area contributed by atoms with Crippen molar-refractivity contribution in [1.82, 2.24) is 5.32 Å². The fourth-order valence-corrected chi connectivity index (χ4v) is 3.70. The molecule has 2 aliphatic rings. The van der Waals surface area contributed by atoms with Gasteiger partial charge in [-0.2, -0.15) is 0 Å². The molecule has 0 saturated carbocycles. The van der Waals surface area contributed by atoms with Crippen LogP contribution in [0.25, 0.3) is 11.3 Å². The Morgan fingerprint density at radius 2 is 1.65 bits per heavy atom. The molecule has 4 nitrogen and oxygen atoms in total. The van der Waals surface area contributed by atoms with E-state index >= 15 is 0 Å². The first-order valence-electron chi connectivity index (χ1n) is 8.75. The van der Waals surface area contributed by atoms with Crippen molar-refractivity contribution in [3.05, 3.63) is 82.4 Å². The zero-order chi connectivity index (χ0) is 18.3. The van der Waals surface area contributed by atoms with Gasteiger partial charge in [0.25, 0.3) is 0 Å². The molecule has 0 saturated heterocycles. The molecule has 1 aliphatic carbocycles. The molecule has 26 heavy (non-hydrogen) atoms. The van der Waals surface area contributed by atoms with E-state index in [4.69, 9.17) is 4.74 Å². The standard InChI is InChI=1S/C22H19NO3/c1-3-26-22(25)17-13(2)23-20-15-11-7-8-12-16(15)21(24)19(20)18(17)14-9-5-4-6-10-14/h4-13,23H,3H2,1-2H3. The van der Waals surface area contributed by atoms with E-state index in [1.807, 2.05) is 61.5 Å². The third-order valence-electron chi connectivity index (χ3n) is 4.79.